The number of ether oxygens (including phenoxy) is 1. The highest BCUT2D eigenvalue weighted by molar-refractivity contribution is 5.87. The minimum atomic E-state index is -0.419. The predicted molar refractivity (Wildman–Crippen MR) is 74.7 cm³/mol. The van der Waals surface area contributed by atoms with Gasteiger partial charge in [0.2, 0.25) is 5.76 Å². The van der Waals surface area contributed by atoms with Gasteiger partial charge in [-0.1, -0.05) is 33.6 Å². The van der Waals surface area contributed by atoms with Crippen LogP contribution in [0.2, 0.25) is 0 Å². The summed E-state index contributed by atoms with van der Waals surface area (Å²) in [5.74, 6) is 2.50. The molecule has 110 valence electrons. The maximum atomic E-state index is 11.9. The normalized spacial score (nSPS) is 28.9. The van der Waals surface area contributed by atoms with Crippen LogP contribution in [0.4, 0.5) is 0 Å². The molecular weight excluding hydrogens is 254 g/mol. The molecule has 2 fully saturated rings. The fraction of sp³-hybridized carbons (Fsp3) is 0.750. The molecule has 4 nitrogen and oxygen atoms in total. The van der Waals surface area contributed by atoms with Crippen molar-refractivity contribution in [1.82, 2.24) is 4.98 Å². The molecule has 0 amide bonds. The third-order valence-corrected chi connectivity index (χ3v) is 4.67. The second-order valence-corrected chi connectivity index (χ2v) is 7.11. The van der Waals surface area contributed by atoms with Crippen molar-refractivity contribution in [2.75, 3.05) is 7.11 Å². The molecule has 1 aromatic heterocycles. The molecule has 2 aliphatic rings. The molecule has 0 saturated heterocycles. The lowest BCUT2D eigenvalue weighted by Crippen LogP contribution is -2.17. The maximum absolute atomic E-state index is 11.9. The van der Waals surface area contributed by atoms with Crippen LogP contribution in [0.3, 0.4) is 0 Å². The van der Waals surface area contributed by atoms with Crippen molar-refractivity contribution in [3.8, 4) is 0 Å². The van der Waals surface area contributed by atoms with E-state index in [1.165, 1.54) is 32.8 Å². The number of rotatable bonds is 2. The lowest BCUT2D eigenvalue weighted by Gasteiger charge is -2.15. The lowest BCUT2D eigenvalue weighted by atomic mass is 9.91. The molecule has 20 heavy (non-hydrogen) atoms. The minimum Gasteiger partial charge on any atom is -0.463 e. The third-order valence-electron chi connectivity index (χ3n) is 4.67. The van der Waals surface area contributed by atoms with Gasteiger partial charge >= 0.3 is 5.97 Å². The van der Waals surface area contributed by atoms with Crippen molar-refractivity contribution in [2.45, 2.75) is 57.8 Å². The van der Waals surface area contributed by atoms with Crippen molar-refractivity contribution < 1.29 is 13.9 Å². The van der Waals surface area contributed by atoms with Crippen molar-refractivity contribution in [1.29, 1.82) is 0 Å². The van der Waals surface area contributed by atoms with Gasteiger partial charge in [0.25, 0.3) is 0 Å². The van der Waals surface area contributed by atoms with Crippen LogP contribution in [0.5, 0.6) is 0 Å². The second-order valence-electron chi connectivity index (χ2n) is 7.11. The zero-order valence-corrected chi connectivity index (χ0v) is 12.7. The Kier molecular flexibility index (Phi) is 3.14. The van der Waals surface area contributed by atoms with E-state index in [0.717, 1.165) is 23.4 Å². The number of carbonyl (C=O) groups is 1. The molecule has 0 bridgehead atoms. The van der Waals surface area contributed by atoms with Gasteiger partial charge in [-0.15, -0.1) is 0 Å². The summed E-state index contributed by atoms with van der Waals surface area (Å²) in [7, 11) is 1.38. The zero-order chi connectivity index (χ0) is 14.5. The van der Waals surface area contributed by atoms with Gasteiger partial charge in [-0.2, -0.15) is 0 Å². The summed E-state index contributed by atoms with van der Waals surface area (Å²) < 4.78 is 10.7. The fourth-order valence-electron chi connectivity index (χ4n) is 3.58. The Morgan fingerprint density at radius 1 is 1.25 bits per heavy atom. The first-order valence-electron chi connectivity index (χ1n) is 7.53. The average Bonchev–Trinajstić information content (AvgIpc) is 2.96. The standard InChI is InChI=1S/C16H23NO3/c1-16(2,3)13-12(15(18)19-4)20-14(17-13)11-9-7-5-6-8-10(9)11/h9-11H,5-8H2,1-4H3. The fourth-order valence-corrected chi connectivity index (χ4v) is 3.58. The number of oxazole rings is 1. The van der Waals surface area contributed by atoms with Gasteiger partial charge in [-0.05, 0) is 24.7 Å². The molecule has 1 aromatic rings. The Morgan fingerprint density at radius 3 is 2.35 bits per heavy atom. The van der Waals surface area contributed by atoms with Gasteiger partial charge in [0.1, 0.15) is 0 Å². The van der Waals surface area contributed by atoms with E-state index in [2.05, 4.69) is 4.98 Å². The van der Waals surface area contributed by atoms with E-state index in [9.17, 15) is 4.79 Å². The molecule has 0 aromatic carbocycles. The first kappa shape index (κ1) is 13.7. The molecule has 3 rings (SSSR count). The van der Waals surface area contributed by atoms with Crippen molar-refractivity contribution in [2.24, 2.45) is 11.8 Å². The molecule has 2 saturated carbocycles. The molecule has 1 heterocycles. The zero-order valence-electron chi connectivity index (χ0n) is 12.7. The van der Waals surface area contributed by atoms with E-state index < -0.39 is 5.97 Å². The smallest absolute Gasteiger partial charge is 0.376 e. The highest BCUT2D eigenvalue weighted by Crippen LogP contribution is 2.61. The number of esters is 1. The number of nitrogens with zero attached hydrogens (tertiary/aromatic N) is 1. The molecule has 2 unspecified atom stereocenters. The molecule has 0 radical (unpaired) electrons. The third kappa shape index (κ3) is 2.15. The Labute approximate surface area is 119 Å². The molecule has 2 atom stereocenters. The molecule has 2 aliphatic carbocycles. The van der Waals surface area contributed by atoms with E-state index in [1.54, 1.807) is 0 Å². The van der Waals surface area contributed by atoms with Gasteiger partial charge in [0.15, 0.2) is 5.89 Å². The molecule has 0 spiro atoms. The predicted octanol–water partition coefficient (Wildman–Crippen LogP) is 3.66. The summed E-state index contributed by atoms with van der Waals surface area (Å²) in [5, 5.41) is 0. The highest BCUT2D eigenvalue weighted by Gasteiger charge is 2.54. The van der Waals surface area contributed by atoms with Crippen LogP contribution in [0.25, 0.3) is 0 Å². The van der Waals surface area contributed by atoms with Gasteiger partial charge in [-0.3, -0.25) is 0 Å². The summed E-state index contributed by atoms with van der Waals surface area (Å²) in [6, 6.07) is 0. The number of fused-ring (bicyclic) bond motifs is 1. The number of hydrogen-bond donors (Lipinski definition) is 0. The van der Waals surface area contributed by atoms with Crippen molar-refractivity contribution >= 4 is 5.97 Å². The second kappa shape index (κ2) is 4.61. The van der Waals surface area contributed by atoms with Crippen LogP contribution in [-0.4, -0.2) is 18.1 Å². The Balaban J connectivity index is 1.94. The summed E-state index contributed by atoms with van der Waals surface area (Å²) in [5.41, 5.74) is 0.508. The number of carbonyl (C=O) groups excluding carboxylic acids is 1. The highest BCUT2D eigenvalue weighted by atomic mass is 16.5. The molecular formula is C16H23NO3. The largest absolute Gasteiger partial charge is 0.463 e. The Bertz CT molecular complexity index is 514. The van der Waals surface area contributed by atoms with Crippen LogP contribution in [-0.2, 0) is 10.2 Å². The van der Waals surface area contributed by atoms with Gasteiger partial charge in [0, 0.05) is 11.3 Å². The van der Waals surface area contributed by atoms with Crippen LogP contribution < -0.4 is 0 Å². The van der Waals surface area contributed by atoms with Crippen LogP contribution in [0, 0.1) is 11.8 Å². The minimum absolute atomic E-state index is 0.217. The summed E-state index contributed by atoms with van der Waals surface area (Å²) in [4.78, 5) is 16.6. The average molecular weight is 277 g/mol. The van der Waals surface area contributed by atoms with E-state index in [4.69, 9.17) is 9.15 Å². The quantitative estimate of drug-likeness (QED) is 0.774. The van der Waals surface area contributed by atoms with E-state index in [-0.39, 0.29) is 5.41 Å². The Hall–Kier alpha value is -1.32. The molecule has 0 N–H and O–H groups in total. The van der Waals surface area contributed by atoms with Crippen molar-refractivity contribution in [3.05, 3.63) is 17.3 Å². The van der Waals surface area contributed by atoms with Crippen molar-refractivity contribution in [3.63, 3.8) is 0 Å². The molecule has 4 heteroatoms. The van der Waals surface area contributed by atoms with Crippen LogP contribution in [0.15, 0.2) is 4.42 Å². The number of methoxy groups -OCH3 is 1. The molecule has 0 aliphatic heterocycles. The monoisotopic (exact) mass is 277 g/mol. The topological polar surface area (TPSA) is 52.3 Å². The maximum Gasteiger partial charge on any atom is 0.376 e. The first-order valence-corrected chi connectivity index (χ1v) is 7.53. The van der Waals surface area contributed by atoms with E-state index >= 15 is 0 Å². The summed E-state index contributed by atoms with van der Waals surface area (Å²) in [6.07, 6.45) is 5.18. The lowest BCUT2D eigenvalue weighted by molar-refractivity contribution is 0.0559. The number of hydrogen-bond acceptors (Lipinski definition) is 4. The summed E-state index contributed by atoms with van der Waals surface area (Å²) >= 11 is 0. The summed E-state index contributed by atoms with van der Waals surface area (Å²) in [6.45, 7) is 6.13. The van der Waals surface area contributed by atoms with Gasteiger partial charge in [0.05, 0.1) is 12.8 Å². The first-order chi connectivity index (χ1) is 9.43. The number of aromatic nitrogens is 1. The van der Waals surface area contributed by atoms with E-state index in [1.807, 2.05) is 20.8 Å². The Morgan fingerprint density at radius 2 is 1.85 bits per heavy atom. The van der Waals surface area contributed by atoms with Gasteiger partial charge < -0.3 is 9.15 Å². The SMILES string of the molecule is COC(=O)c1oc(C2C3CCCCC32)nc1C(C)(C)C. The van der Waals surface area contributed by atoms with Crippen LogP contribution in [0.1, 0.15) is 74.5 Å². The van der Waals surface area contributed by atoms with Crippen LogP contribution >= 0.6 is 0 Å². The van der Waals surface area contributed by atoms with Gasteiger partial charge in [-0.25, -0.2) is 9.78 Å². The van der Waals surface area contributed by atoms with E-state index in [0.29, 0.717) is 11.7 Å².